The highest BCUT2D eigenvalue weighted by atomic mass is 16.7. The highest BCUT2D eigenvalue weighted by molar-refractivity contribution is 5.90. The molecule has 60 heavy (non-hydrogen) atoms. The van der Waals surface area contributed by atoms with Crippen molar-refractivity contribution < 1.29 is 68.1 Å². The lowest BCUT2D eigenvalue weighted by Gasteiger charge is -2.52. The van der Waals surface area contributed by atoms with Gasteiger partial charge in [-0.05, 0) is 36.0 Å². The van der Waals surface area contributed by atoms with Crippen molar-refractivity contribution in [2.75, 3.05) is 20.8 Å². The maximum absolute atomic E-state index is 12.6. The van der Waals surface area contributed by atoms with Crippen LogP contribution in [0.2, 0.25) is 0 Å². The molecule has 1 fully saturated rings. The Morgan fingerprint density at radius 2 is 1.87 bits per heavy atom. The summed E-state index contributed by atoms with van der Waals surface area (Å²) in [5.41, 5.74) is 9.71. The molecule has 6 heterocycles. The minimum absolute atomic E-state index is 0.184. The Balaban J connectivity index is 1.12. The van der Waals surface area contributed by atoms with Crippen LogP contribution in [-0.2, 0) is 32.0 Å². The number of carboxylic acids is 1. The number of allylic oxidation sites excluding steroid dienone is 1. The van der Waals surface area contributed by atoms with Crippen LogP contribution in [0.3, 0.4) is 0 Å². The highest BCUT2D eigenvalue weighted by Crippen LogP contribution is 2.59. The predicted octanol–water partition coefficient (Wildman–Crippen LogP) is 0.520. The molecule has 9 rings (SSSR count). The molecule has 1 saturated heterocycles. The van der Waals surface area contributed by atoms with Crippen LogP contribution in [-0.4, -0.2) is 108 Å². The second-order valence-electron chi connectivity index (χ2n) is 15.5. The van der Waals surface area contributed by atoms with Crippen LogP contribution in [0.1, 0.15) is 40.7 Å². The largest absolute Gasteiger partial charge is 0.493 e. The normalized spacial score (nSPS) is 31.6. The molecule has 0 saturated carbocycles. The van der Waals surface area contributed by atoms with Gasteiger partial charge < -0.3 is 64.6 Å². The maximum atomic E-state index is 12.6. The Hall–Kier alpha value is -5.95. The van der Waals surface area contributed by atoms with Crippen LogP contribution in [0, 0.1) is 0 Å². The number of nitrogens with zero attached hydrogens (tertiary/aromatic N) is 1. The van der Waals surface area contributed by atoms with Crippen molar-refractivity contribution in [2.45, 2.75) is 80.0 Å². The number of fused-ring (bicyclic) bond motifs is 6. The third kappa shape index (κ3) is 6.82. The predicted molar refractivity (Wildman–Crippen MR) is 209 cm³/mol. The number of nitrogens with two attached hydrogens (primary N) is 1. The van der Waals surface area contributed by atoms with Crippen molar-refractivity contribution >= 4 is 18.2 Å². The Morgan fingerprint density at radius 1 is 1.05 bits per heavy atom. The van der Waals surface area contributed by atoms with Gasteiger partial charge in [0.15, 0.2) is 23.2 Å². The number of hydrogen-bond donors (Lipinski definition) is 7. The molecule has 17 heteroatoms. The van der Waals surface area contributed by atoms with Gasteiger partial charge in [0.1, 0.15) is 79.6 Å². The first-order valence-electron chi connectivity index (χ1n) is 19.6. The molecule has 0 aliphatic carbocycles. The Labute approximate surface area is 343 Å². The number of hydrogen-bond acceptors (Lipinski definition) is 15. The quantitative estimate of drug-likeness (QED) is 0.103. The molecule has 314 valence electrons. The second-order valence-corrected chi connectivity index (χ2v) is 15.5. The Kier molecular flexibility index (Phi) is 10.3. The summed E-state index contributed by atoms with van der Waals surface area (Å²) < 4.78 is 43.6. The summed E-state index contributed by atoms with van der Waals surface area (Å²) in [6.07, 6.45) is -3.04. The third-order valence-corrected chi connectivity index (χ3v) is 11.8. The molecule has 8 N–H and O–H groups in total. The van der Waals surface area contributed by atoms with Crippen molar-refractivity contribution in [3.8, 4) is 28.7 Å². The van der Waals surface area contributed by atoms with E-state index < -0.39 is 73.0 Å². The second kappa shape index (κ2) is 15.6. The zero-order valence-corrected chi connectivity index (χ0v) is 32.6. The molecule has 0 aromatic heterocycles. The number of aliphatic carboxylic acids is 1. The van der Waals surface area contributed by atoms with E-state index in [1.165, 1.54) is 12.3 Å². The molecule has 3 aromatic carbocycles. The highest BCUT2D eigenvalue weighted by Gasteiger charge is 2.61. The van der Waals surface area contributed by atoms with Crippen molar-refractivity contribution in [3.05, 3.63) is 113 Å². The number of aliphatic hydroxyl groups is 3. The first-order chi connectivity index (χ1) is 29.0. The van der Waals surface area contributed by atoms with Gasteiger partial charge >= 0.3 is 11.9 Å². The van der Waals surface area contributed by atoms with Gasteiger partial charge in [0.2, 0.25) is 12.0 Å². The number of carboxylic acid groups (broad SMARTS) is 1. The molecule has 6 aliphatic heterocycles. The number of carbonyl (C=O) groups is 2. The average molecular weight is 826 g/mol. The topological polar surface area (TPSA) is 235 Å². The minimum Gasteiger partial charge on any atom is -0.493 e. The standard InChI is InChI=1S/C43H44N4O13/c1-54-27-9-8-25-33-28(14-21-6-4-3-5-7-21)57-29-16-24(15-23(19-47-18-22-10-12-45-26(22)20-47)32(29)38(33)59-36(25)37(27)55-2)56-42-35(52)34(51)39(53)43(60-42)11-13-46-41(44)40(43)58-31(50)17-30(48)49/h3-13,15-16,20,28,33-35,38-42,46,51-53H,14,17-19,44H2,1-2H3,(H,48,49)/p+1. The first kappa shape index (κ1) is 39.5. The fraction of sp³-hybridized carbons (Fsp3) is 0.372. The van der Waals surface area contributed by atoms with Crippen LogP contribution < -0.4 is 39.6 Å². The molecule has 0 radical (unpaired) electrons. The molecule has 11 unspecified atom stereocenters. The van der Waals surface area contributed by atoms with E-state index in [0.29, 0.717) is 42.5 Å². The van der Waals surface area contributed by atoms with Gasteiger partial charge in [0.05, 0.1) is 20.1 Å². The zero-order chi connectivity index (χ0) is 41.9. The lowest BCUT2D eigenvalue weighted by molar-refractivity contribution is -0.851. The summed E-state index contributed by atoms with van der Waals surface area (Å²) in [5.74, 6) is -0.695. The Morgan fingerprint density at radius 3 is 2.62 bits per heavy atom. The number of methoxy groups -OCH3 is 2. The number of aliphatic hydroxyl groups excluding tert-OH is 3. The smallest absolute Gasteiger partial charge is 0.317 e. The number of aliphatic imine (C=N–C) groups is 1. The van der Waals surface area contributed by atoms with Crippen LogP contribution in [0.5, 0.6) is 28.7 Å². The van der Waals surface area contributed by atoms with Crippen LogP contribution >= 0.6 is 0 Å². The average Bonchev–Trinajstić information content (AvgIpc) is 3.94. The first-order valence-corrected chi connectivity index (χ1v) is 19.6. The molecular formula is C43H45N4O13+. The van der Waals surface area contributed by atoms with E-state index in [4.69, 9.17) is 38.9 Å². The number of benzene rings is 3. The SMILES string of the molecule is COc1ccc2c(c1OC)OC1c3c(C[NH+]4C=C5N=CC=C5C4)cc(OC4OC5(C=CNC(N)C5OC(=O)CC(=O)O)C(O)C(O)C4O)cc3OC(Cc3ccccc3)C21. The number of esters is 1. The van der Waals surface area contributed by atoms with Crippen LogP contribution in [0.25, 0.3) is 0 Å². The molecule has 17 nitrogen and oxygen atoms in total. The maximum Gasteiger partial charge on any atom is 0.317 e. The summed E-state index contributed by atoms with van der Waals surface area (Å²) >= 11 is 0. The van der Waals surface area contributed by atoms with Gasteiger partial charge in [0, 0.05) is 41.0 Å². The van der Waals surface area contributed by atoms with E-state index >= 15 is 0 Å². The molecule has 6 aliphatic rings. The van der Waals surface area contributed by atoms with Gasteiger partial charge in [-0.3, -0.25) is 19.5 Å². The van der Waals surface area contributed by atoms with E-state index in [1.807, 2.05) is 48.5 Å². The lowest BCUT2D eigenvalue weighted by atomic mass is 9.79. The number of quaternary nitrogens is 1. The molecular weight excluding hydrogens is 780 g/mol. The van der Waals surface area contributed by atoms with Crippen molar-refractivity contribution in [3.63, 3.8) is 0 Å². The van der Waals surface area contributed by atoms with Gasteiger partial charge in [0.25, 0.3) is 0 Å². The Bertz CT molecular complexity index is 2320. The van der Waals surface area contributed by atoms with E-state index in [9.17, 15) is 30.0 Å². The third-order valence-electron chi connectivity index (χ3n) is 11.8. The van der Waals surface area contributed by atoms with Crippen molar-refractivity contribution in [1.82, 2.24) is 5.32 Å². The molecule has 11 atom stereocenters. The fourth-order valence-corrected chi connectivity index (χ4v) is 9.12. The molecule has 3 aromatic rings. The molecule has 0 bridgehead atoms. The summed E-state index contributed by atoms with van der Waals surface area (Å²) in [5, 5.41) is 46.0. The van der Waals surface area contributed by atoms with Crippen molar-refractivity contribution in [1.29, 1.82) is 0 Å². The fourth-order valence-electron chi connectivity index (χ4n) is 9.12. The van der Waals surface area contributed by atoms with Gasteiger partial charge in [-0.25, -0.2) is 0 Å². The molecule has 0 amide bonds. The van der Waals surface area contributed by atoms with E-state index in [2.05, 4.69) is 16.5 Å². The van der Waals surface area contributed by atoms with Gasteiger partial charge in [-0.15, -0.1) is 0 Å². The number of ether oxygens (including phenoxy) is 7. The van der Waals surface area contributed by atoms with E-state index in [1.54, 1.807) is 32.6 Å². The zero-order valence-electron chi connectivity index (χ0n) is 32.6. The summed E-state index contributed by atoms with van der Waals surface area (Å²) in [7, 11) is 3.14. The van der Waals surface area contributed by atoms with Crippen LogP contribution in [0.4, 0.5) is 0 Å². The number of rotatable bonds is 11. The van der Waals surface area contributed by atoms with Crippen molar-refractivity contribution in [2.24, 2.45) is 10.7 Å². The van der Waals surface area contributed by atoms with Gasteiger partial charge in [-0.2, -0.15) is 0 Å². The number of nitrogens with one attached hydrogen (secondary N) is 2. The summed E-state index contributed by atoms with van der Waals surface area (Å²) in [6, 6.07) is 17.3. The van der Waals surface area contributed by atoms with Gasteiger partial charge in [-0.1, -0.05) is 36.4 Å². The summed E-state index contributed by atoms with van der Waals surface area (Å²) in [6.45, 7) is 1.11. The number of carbonyl (C=O) groups excluding carboxylic acids is 1. The monoisotopic (exact) mass is 825 g/mol. The lowest BCUT2D eigenvalue weighted by Crippen LogP contribution is -3.04. The summed E-state index contributed by atoms with van der Waals surface area (Å²) in [4.78, 5) is 29.5. The van der Waals surface area contributed by atoms with E-state index in [-0.39, 0.29) is 11.7 Å². The molecule has 1 spiro atoms. The van der Waals surface area contributed by atoms with E-state index in [0.717, 1.165) is 38.4 Å². The minimum atomic E-state index is -2.08. The van der Waals surface area contributed by atoms with Crippen LogP contribution in [0.15, 0.2) is 95.4 Å².